The Balaban J connectivity index is 0.000000360. The van der Waals surface area contributed by atoms with E-state index in [1.165, 1.54) is 0 Å². The Kier molecular flexibility index (Phi) is 7.40. The van der Waals surface area contributed by atoms with Crippen molar-refractivity contribution in [2.45, 2.75) is 25.6 Å². The molecule has 0 radical (unpaired) electrons. The lowest BCUT2D eigenvalue weighted by molar-refractivity contribution is -0.192. The van der Waals surface area contributed by atoms with E-state index >= 15 is 0 Å². The fraction of sp³-hybridized carbons (Fsp3) is 0.391. The van der Waals surface area contributed by atoms with E-state index in [-0.39, 0.29) is 5.91 Å². The van der Waals surface area contributed by atoms with Gasteiger partial charge in [0.1, 0.15) is 12.4 Å². The smallest absolute Gasteiger partial charge is 0.489 e. The van der Waals surface area contributed by atoms with E-state index < -0.39 is 12.1 Å². The molecule has 2 aliphatic heterocycles. The summed E-state index contributed by atoms with van der Waals surface area (Å²) in [7, 11) is 0. The number of carboxylic acid groups (broad SMARTS) is 1. The number of carbonyl (C=O) groups is 2. The molecule has 1 spiro atoms. The molecule has 2 fully saturated rings. The summed E-state index contributed by atoms with van der Waals surface area (Å²) in [6, 6.07) is 17.6. The highest BCUT2D eigenvalue weighted by atomic mass is 19.4. The summed E-state index contributed by atoms with van der Waals surface area (Å²) >= 11 is 0. The second-order valence-corrected chi connectivity index (χ2v) is 8.00. The first-order valence-electron chi connectivity index (χ1n) is 10.3. The Hall–Kier alpha value is -3.07. The third-order valence-electron chi connectivity index (χ3n) is 5.70. The summed E-state index contributed by atoms with van der Waals surface area (Å²) in [5.74, 6) is -1.83. The number of benzene rings is 2. The molecule has 2 aromatic carbocycles. The van der Waals surface area contributed by atoms with Crippen LogP contribution in [-0.4, -0.2) is 54.2 Å². The summed E-state index contributed by atoms with van der Waals surface area (Å²) < 4.78 is 37.5. The second kappa shape index (κ2) is 10.0. The zero-order chi connectivity index (χ0) is 23.2. The van der Waals surface area contributed by atoms with Gasteiger partial charge in [-0.1, -0.05) is 30.3 Å². The summed E-state index contributed by atoms with van der Waals surface area (Å²) in [4.78, 5) is 23.6. The van der Waals surface area contributed by atoms with Crippen LogP contribution in [0.4, 0.5) is 13.2 Å². The van der Waals surface area contributed by atoms with Crippen LogP contribution in [0.25, 0.3) is 0 Å². The monoisotopic (exact) mass is 450 g/mol. The zero-order valence-corrected chi connectivity index (χ0v) is 17.4. The molecular weight excluding hydrogens is 425 g/mol. The third kappa shape index (κ3) is 6.23. The minimum atomic E-state index is -5.08. The molecule has 0 aliphatic carbocycles. The lowest BCUT2D eigenvalue weighted by Gasteiger charge is -2.48. The Morgan fingerprint density at radius 2 is 1.56 bits per heavy atom. The highest BCUT2D eigenvalue weighted by molar-refractivity contribution is 5.94. The average molecular weight is 450 g/mol. The molecular formula is C23H25F3N2O4. The molecule has 2 aromatic rings. The normalized spacial score (nSPS) is 17.0. The van der Waals surface area contributed by atoms with Crippen LogP contribution in [0.1, 0.15) is 28.8 Å². The molecule has 0 atom stereocenters. The highest BCUT2D eigenvalue weighted by Gasteiger charge is 2.40. The first kappa shape index (κ1) is 23.6. The first-order chi connectivity index (χ1) is 15.2. The van der Waals surface area contributed by atoms with Gasteiger partial charge in [-0.3, -0.25) is 4.79 Å². The number of alkyl halides is 3. The molecule has 6 nitrogen and oxygen atoms in total. The SMILES string of the molecule is O=C(O)C(F)(F)F.O=C(c1ccc(OCc2ccccc2)cc1)N1CCC2(CC1)CNC2. The largest absolute Gasteiger partial charge is 0.490 e. The molecule has 9 heteroatoms. The molecule has 32 heavy (non-hydrogen) atoms. The van der Waals surface area contributed by atoms with Gasteiger partial charge in [0, 0.05) is 31.7 Å². The van der Waals surface area contributed by atoms with E-state index in [4.69, 9.17) is 14.6 Å². The second-order valence-electron chi connectivity index (χ2n) is 8.00. The molecule has 172 valence electrons. The molecule has 2 saturated heterocycles. The minimum absolute atomic E-state index is 0.136. The molecule has 0 unspecified atom stereocenters. The minimum Gasteiger partial charge on any atom is -0.489 e. The van der Waals surface area contributed by atoms with Crippen molar-refractivity contribution in [2.24, 2.45) is 5.41 Å². The van der Waals surface area contributed by atoms with Crippen molar-refractivity contribution in [3.8, 4) is 5.75 Å². The van der Waals surface area contributed by atoms with Gasteiger partial charge in [0.05, 0.1) is 0 Å². The van der Waals surface area contributed by atoms with E-state index in [0.717, 1.165) is 55.9 Å². The maximum absolute atomic E-state index is 12.7. The van der Waals surface area contributed by atoms with E-state index in [1.54, 1.807) is 0 Å². The summed E-state index contributed by atoms with van der Waals surface area (Å²) in [5.41, 5.74) is 2.34. The number of hydrogen-bond donors (Lipinski definition) is 2. The number of nitrogens with zero attached hydrogens (tertiary/aromatic N) is 1. The number of ether oxygens (including phenoxy) is 1. The quantitative estimate of drug-likeness (QED) is 0.742. The van der Waals surface area contributed by atoms with E-state index in [2.05, 4.69) is 5.32 Å². The fourth-order valence-corrected chi connectivity index (χ4v) is 3.63. The van der Waals surface area contributed by atoms with Crippen molar-refractivity contribution in [3.63, 3.8) is 0 Å². The van der Waals surface area contributed by atoms with Crippen LogP contribution in [0, 0.1) is 5.41 Å². The van der Waals surface area contributed by atoms with E-state index in [1.807, 2.05) is 59.5 Å². The van der Waals surface area contributed by atoms with Crippen LogP contribution in [0.15, 0.2) is 54.6 Å². The number of likely N-dealkylation sites (tertiary alicyclic amines) is 1. The number of nitrogens with one attached hydrogen (secondary N) is 1. The summed E-state index contributed by atoms with van der Waals surface area (Å²) in [6.45, 7) is 4.50. The third-order valence-corrected chi connectivity index (χ3v) is 5.70. The Morgan fingerprint density at radius 1 is 1.00 bits per heavy atom. The molecule has 0 aromatic heterocycles. The lowest BCUT2D eigenvalue weighted by atomic mass is 9.73. The van der Waals surface area contributed by atoms with E-state index in [0.29, 0.717) is 12.0 Å². The number of carboxylic acids is 1. The molecule has 0 bridgehead atoms. The Labute approximate surface area is 184 Å². The molecule has 2 heterocycles. The lowest BCUT2D eigenvalue weighted by Crippen LogP contribution is -2.58. The van der Waals surface area contributed by atoms with Gasteiger partial charge in [0.2, 0.25) is 0 Å². The van der Waals surface area contributed by atoms with Crippen molar-refractivity contribution in [1.29, 1.82) is 0 Å². The van der Waals surface area contributed by atoms with Gasteiger partial charge in [-0.15, -0.1) is 0 Å². The van der Waals surface area contributed by atoms with Gasteiger partial charge in [0.15, 0.2) is 0 Å². The van der Waals surface area contributed by atoms with Crippen molar-refractivity contribution in [1.82, 2.24) is 10.2 Å². The average Bonchev–Trinajstić information content (AvgIpc) is 2.77. The number of carbonyl (C=O) groups excluding carboxylic acids is 1. The van der Waals surface area contributed by atoms with Crippen molar-refractivity contribution < 1.29 is 32.6 Å². The topological polar surface area (TPSA) is 78.9 Å². The first-order valence-corrected chi connectivity index (χ1v) is 10.3. The van der Waals surface area contributed by atoms with Crippen LogP contribution in [0.2, 0.25) is 0 Å². The number of rotatable bonds is 4. The maximum atomic E-state index is 12.7. The molecule has 4 rings (SSSR count). The molecule has 2 aliphatic rings. The van der Waals surface area contributed by atoms with Gasteiger partial charge in [-0.2, -0.15) is 13.2 Å². The Morgan fingerprint density at radius 3 is 2.03 bits per heavy atom. The Bertz CT molecular complexity index is 903. The van der Waals surface area contributed by atoms with Crippen LogP contribution in [0.3, 0.4) is 0 Å². The highest BCUT2D eigenvalue weighted by Crippen LogP contribution is 2.35. The van der Waals surface area contributed by atoms with Gasteiger partial charge in [-0.25, -0.2) is 4.79 Å². The maximum Gasteiger partial charge on any atom is 0.490 e. The molecule has 1 amide bonds. The van der Waals surface area contributed by atoms with E-state index in [9.17, 15) is 18.0 Å². The molecule has 2 N–H and O–H groups in total. The standard InChI is InChI=1S/C21H24N2O2.C2HF3O2/c24-20(23-12-10-21(11-13-23)15-22-16-21)18-6-8-19(9-7-18)25-14-17-4-2-1-3-5-17;3-2(4,5)1(6)7/h1-9,22H,10-16H2;(H,6,7). The fourth-order valence-electron chi connectivity index (χ4n) is 3.63. The predicted molar refractivity (Wildman–Crippen MR) is 111 cm³/mol. The molecule has 0 saturated carbocycles. The predicted octanol–water partition coefficient (Wildman–Crippen LogP) is 3.72. The van der Waals surface area contributed by atoms with Gasteiger partial charge < -0.3 is 20.1 Å². The number of piperidine rings is 1. The number of aliphatic carboxylic acids is 1. The van der Waals surface area contributed by atoms with Crippen molar-refractivity contribution in [2.75, 3.05) is 26.2 Å². The van der Waals surface area contributed by atoms with Gasteiger partial charge in [-0.05, 0) is 48.1 Å². The number of halogens is 3. The van der Waals surface area contributed by atoms with Crippen molar-refractivity contribution >= 4 is 11.9 Å². The zero-order valence-electron chi connectivity index (χ0n) is 17.4. The number of hydrogen-bond acceptors (Lipinski definition) is 4. The van der Waals surface area contributed by atoms with Gasteiger partial charge in [0.25, 0.3) is 5.91 Å². The van der Waals surface area contributed by atoms with Crippen LogP contribution in [-0.2, 0) is 11.4 Å². The van der Waals surface area contributed by atoms with Gasteiger partial charge >= 0.3 is 12.1 Å². The summed E-state index contributed by atoms with van der Waals surface area (Å²) in [6.07, 6.45) is -2.85. The van der Waals surface area contributed by atoms with Crippen LogP contribution in [0.5, 0.6) is 5.75 Å². The number of amides is 1. The van der Waals surface area contributed by atoms with Crippen LogP contribution >= 0.6 is 0 Å². The van der Waals surface area contributed by atoms with Crippen molar-refractivity contribution in [3.05, 3.63) is 65.7 Å². The van der Waals surface area contributed by atoms with Crippen LogP contribution < -0.4 is 10.1 Å². The summed E-state index contributed by atoms with van der Waals surface area (Å²) in [5, 5.41) is 10.5.